The molecule has 3 aromatic rings. The highest BCUT2D eigenvalue weighted by molar-refractivity contribution is 7.13. The Bertz CT molecular complexity index is 1000. The molecule has 0 aliphatic heterocycles. The first-order chi connectivity index (χ1) is 13.4. The van der Waals surface area contributed by atoms with Crippen LogP contribution in [0.1, 0.15) is 27.8 Å². The van der Waals surface area contributed by atoms with Crippen LogP contribution in [0.3, 0.4) is 0 Å². The van der Waals surface area contributed by atoms with Crippen LogP contribution in [0.5, 0.6) is 0 Å². The number of nitrogens with zero attached hydrogens (tertiary/aromatic N) is 1. The van der Waals surface area contributed by atoms with Crippen LogP contribution in [0.15, 0.2) is 60.0 Å². The van der Waals surface area contributed by atoms with Gasteiger partial charge in [0, 0.05) is 22.2 Å². The average molecular weight is 395 g/mol. The average Bonchev–Trinajstić information content (AvgIpc) is 3.19. The Balaban J connectivity index is 1.60. The van der Waals surface area contributed by atoms with Gasteiger partial charge < -0.3 is 15.8 Å². The summed E-state index contributed by atoms with van der Waals surface area (Å²) in [5, 5.41) is 4.90. The summed E-state index contributed by atoms with van der Waals surface area (Å²) in [4.78, 5) is 39.8. The summed E-state index contributed by atoms with van der Waals surface area (Å²) in [6, 6.07) is 15.5. The molecule has 3 rings (SSSR count). The van der Waals surface area contributed by atoms with Gasteiger partial charge in [0.2, 0.25) is 5.91 Å². The number of hydrogen-bond donors (Lipinski definition) is 2. The van der Waals surface area contributed by atoms with E-state index in [0.29, 0.717) is 16.3 Å². The summed E-state index contributed by atoms with van der Waals surface area (Å²) in [6.45, 7) is 1.47. The van der Waals surface area contributed by atoms with Gasteiger partial charge in [-0.3, -0.25) is 9.59 Å². The number of thiazole rings is 1. The predicted octanol–water partition coefficient (Wildman–Crippen LogP) is 3.09. The number of amides is 2. The number of benzene rings is 2. The molecule has 0 unspecified atom stereocenters. The molecule has 0 aliphatic carbocycles. The molecule has 1 atom stereocenters. The summed E-state index contributed by atoms with van der Waals surface area (Å²) >= 11 is 1.32. The fourth-order valence-electron chi connectivity index (χ4n) is 2.32. The maximum atomic E-state index is 12.3. The van der Waals surface area contributed by atoms with Crippen LogP contribution < -0.4 is 11.1 Å². The van der Waals surface area contributed by atoms with E-state index < -0.39 is 23.9 Å². The van der Waals surface area contributed by atoms with Gasteiger partial charge in [0.05, 0.1) is 0 Å². The molecule has 0 spiro atoms. The Morgan fingerprint density at radius 2 is 1.75 bits per heavy atom. The highest BCUT2D eigenvalue weighted by Gasteiger charge is 2.21. The van der Waals surface area contributed by atoms with Gasteiger partial charge in [-0.2, -0.15) is 0 Å². The maximum Gasteiger partial charge on any atom is 0.358 e. The monoisotopic (exact) mass is 395 g/mol. The highest BCUT2D eigenvalue weighted by Crippen LogP contribution is 2.23. The minimum absolute atomic E-state index is 0.148. The summed E-state index contributed by atoms with van der Waals surface area (Å²) < 4.78 is 5.20. The second-order valence-electron chi connectivity index (χ2n) is 5.88. The minimum atomic E-state index is -1.02. The van der Waals surface area contributed by atoms with E-state index in [-0.39, 0.29) is 5.69 Å². The van der Waals surface area contributed by atoms with Crippen molar-refractivity contribution in [2.75, 3.05) is 5.32 Å². The molecule has 1 aromatic heterocycles. The Kier molecular flexibility index (Phi) is 5.81. The van der Waals surface area contributed by atoms with E-state index in [1.54, 1.807) is 17.5 Å². The van der Waals surface area contributed by atoms with E-state index in [2.05, 4.69) is 10.3 Å². The van der Waals surface area contributed by atoms with E-state index in [9.17, 15) is 14.4 Å². The zero-order valence-corrected chi connectivity index (χ0v) is 15.7. The molecule has 0 fully saturated rings. The SMILES string of the molecule is C[C@H](OC(=O)c1csc(-c2ccccc2)n1)C(=O)Nc1ccc(C(N)=O)cc1. The number of carbonyl (C=O) groups excluding carboxylic acids is 3. The first-order valence-electron chi connectivity index (χ1n) is 8.36. The lowest BCUT2D eigenvalue weighted by Crippen LogP contribution is -2.30. The van der Waals surface area contributed by atoms with E-state index >= 15 is 0 Å². The summed E-state index contributed by atoms with van der Waals surface area (Å²) in [5.41, 5.74) is 7.01. The number of rotatable bonds is 6. The molecule has 7 nitrogen and oxygen atoms in total. The maximum absolute atomic E-state index is 12.3. The number of ether oxygens (including phenoxy) is 1. The molecule has 142 valence electrons. The standard InChI is InChI=1S/C20H17N3O4S/c1-12(18(25)22-15-9-7-13(8-10-15)17(21)24)27-20(26)16-11-28-19(23-16)14-5-3-2-4-6-14/h2-12H,1H3,(H2,21,24)(H,22,25)/t12-/m0/s1. The molecule has 0 saturated carbocycles. The van der Waals surface area contributed by atoms with Crippen molar-refractivity contribution in [1.82, 2.24) is 4.98 Å². The number of nitrogens with one attached hydrogen (secondary N) is 1. The lowest BCUT2D eigenvalue weighted by molar-refractivity contribution is -0.123. The van der Waals surface area contributed by atoms with Crippen LogP contribution in [-0.4, -0.2) is 28.9 Å². The Morgan fingerprint density at radius 3 is 2.39 bits per heavy atom. The number of carbonyl (C=O) groups is 3. The fraction of sp³-hybridized carbons (Fsp3) is 0.100. The zero-order chi connectivity index (χ0) is 20.1. The van der Waals surface area contributed by atoms with Crippen molar-refractivity contribution in [3.8, 4) is 10.6 Å². The van der Waals surface area contributed by atoms with Crippen LogP contribution in [-0.2, 0) is 9.53 Å². The third-order valence-electron chi connectivity index (χ3n) is 3.82. The third-order valence-corrected chi connectivity index (χ3v) is 4.72. The molecule has 0 aliphatic rings. The predicted molar refractivity (Wildman–Crippen MR) is 106 cm³/mol. The Morgan fingerprint density at radius 1 is 1.07 bits per heavy atom. The van der Waals surface area contributed by atoms with Crippen molar-refractivity contribution in [3.05, 3.63) is 71.2 Å². The van der Waals surface area contributed by atoms with Crippen LogP contribution in [0, 0.1) is 0 Å². The van der Waals surface area contributed by atoms with Crippen LogP contribution in [0.4, 0.5) is 5.69 Å². The molecule has 0 bridgehead atoms. The smallest absolute Gasteiger partial charge is 0.358 e. The van der Waals surface area contributed by atoms with Crippen molar-refractivity contribution in [2.45, 2.75) is 13.0 Å². The Labute approximate surface area is 165 Å². The van der Waals surface area contributed by atoms with Crippen molar-refractivity contribution in [2.24, 2.45) is 5.73 Å². The van der Waals surface area contributed by atoms with Gasteiger partial charge >= 0.3 is 5.97 Å². The second kappa shape index (κ2) is 8.45. The van der Waals surface area contributed by atoms with E-state index in [0.717, 1.165) is 5.56 Å². The van der Waals surface area contributed by atoms with Gasteiger partial charge in [0.1, 0.15) is 5.01 Å². The summed E-state index contributed by atoms with van der Waals surface area (Å²) in [6.07, 6.45) is -1.02. The molecule has 0 saturated heterocycles. The molecule has 28 heavy (non-hydrogen) atoms. The van der Waals surface area contributed by atoms with Gasteiger partial charge in [-0.15, -0.1) is 11.3 Å². The molecule has 0 radical (unpaired) electrons. The van der Waals surface area contributed by atoms with Gasteiger partial charge in [-0.05, 0) is 31.2 Å². The molecule has 2 aromatic carbocycles. The first kappa shape index (κ1) is 19.2. The third kappa shape index (κ3) is 4.60. The van der Waals surface area contributed by atoms with Gasteiger partial charge in [-0.25, -0.2) is 9.78 Å². The van der Waals surface area contributed by atoms with Gasteiger partial charge in [0.15, 0.2) is 11.8 Å². The van der Waals surface area contributed by atoms with E-state index in [4.69, 9.17) is 10.5 Å². The van der Waals surface area contributed by atoms with E-state index in [1.807, 2.05) is 30.3 Å². The quantitative estimate of drug-likeness (QED) is 0.623. The van der Waals surface area contributed by atoms with Crippen molar-refractivity contribution in [1.29, 1.82) is 0 Å². The number of anilines is 1. The van der Waals surface area contributed by atoms with Crippen molar-refractivity contribution < 1.29 is 19.1 Å². The van der Waals surface area contributed by atoms with Gasteiger partial charge in [0.25, 0.3) is 5.91 Å². The highest BCUT2D eigenvalue weighted by atomic mass is 32.1. The molecule has 8 heteroatoms. The lowest BCUT2D eigenvalue weighted by atomic mass is 10.2. The zero-order valence-electron chi connectivity index (χ0n) is 14.9. The number of nitrogens with two attached hydrogens (primary N) is 1. The van der Waals surface area contributed by atoms with Crippen LogP contribution >= 0.6 is 11.3 Å². The summed E-state index contributed by atoms with van der Waals surface area (Å²) in [5.74, 6) is -1.73. The van der Waals surface area contributed by atoms with Crippen LogP contribution in [0.2, 0.25) is 0 Å². The van der Waals surface area contributed by atoms with Crippen LogP contribution in [0.25, 0.3) is 10.6 Å². The van der Waals surface area contributed by atoms with Crippen molar-refractivity contribution >= 4 is 34.8 Å². The topological polar surface area (TPSA) is 111 Å². The minimum Gasteiger partial charge on any atom is -0.448 e. The normalized spacial score (nSPS) is 11.5. The molecular weight excluding hydrogens is 378 g/mol. The molecule has 1 heterocycles. The second-order valence-corrected chi connectivity index (χ2v) is 6.74. The lowest BCUT2D eigenvalue weighted by Gasteiger charge is -2.13. The number of aromatic nitrogens is 1. The Hall–Kier alpha value is -3.52. The largest absolute Gasteiger partial charge is 0.448 e. The van der Waals surface area contributed by atoms with Gasteiger partial charge in [-0.1, -0.05) is 30.3 Å². The number of hydrogen-bond acceptors (Lipinski definition) is 6. The van der Waals surface area contributed by atoms with E-state index in [1.165, 1.54) is 30.4 Å². The number of esters is 1. The molecular formula is C20H17N3O4S. The fourth-order valence-corrected chi connectivity index (χ4v) is 3.11. The number of primary amides is 1. The molecule has 2 amide bonds. The summed E-state index contributed by atoms with van der Waals surface area (Å²) in [7, 11) is 0. The first-order valence-corrected chi connectivity index (χ1v) is 9.24. The molecule has 3 N–H and O–H groups in total. The van der Waals surface area contributed by atoms with Crippen molar-refractivity contribution in [3.63, 3.8) is 0 Å².